The van der Waals surface area contributed by atoms with Crippen LogP contribution in [0.25, 0.3) is 10.2 Å². The topological polar surface area (TPSA) is 64.4 Å². The lowest BCUT2D eigenvalue weighted by molar-refractivity contribution is -0.116. The molecule has 168 valence electrons. The van der Waals surface area contributed by atoms with Gasteiger partial charge in [-0.1, -0.05) is 42.1 Å². The molecule has 1 aliphatic heterocycles. The fourth-order valence-electron chi connectivity index (χ4n) is 4.08. The maximum absolute atomic E-state index is 13.2. The normalized spacial score (nSPS) is 13.2. The van der Waals surface area contributed by atoms with Crippen molar-refractivity contribution in [3.8, 4) is 5.75 Å². The lowest BCUT2D eigenvalue weighted by Gasteiger charge is -2.29. The molecule has 6 nitrogen and oxygen atoms in total. The van der Waals surface area contributed by atoms with E-state index in [0.717, 1.165) is 29.8 Å². The molecule has 0 spiro atoms. The third kappa shape index (κ3) is 4.41. The largest absolute Gasteiger partial charge is 0.497 e. The first-order chi connectivity index (χ1) is 16.1. The van der Waals surface area contributed by atoms with Crippen LogP contribution >= 0.6 is 23.1 Å². The Morgan fingerprint density at radius 2 is 1.97 bits per heavy atom. The summed E-state index contributed by atoms with van der Waals surface area (Å²) >= 11 is 2.72. The summed E-state index contributed by atoms with van der Waals surface area (Å²) in [6.45, 7) is 1.10. The molecule has 0 atom stereocenters. The highest BCUT2D eigenvalue weighted by atomic mass is 32.2. The van der Waals surface area contributed by atoms with Crippen molar-refractivity contribution in [3.63, 3.8) is 0 Å². The molecule has 2 aromatic carbocycles. The van der Waals surface area contributed by atoms with Crippen LogP contribution in [-0.4, -0.2) is 34.9 Å². The van der Waals surface area contributed by atoms with Gasteiger partial charge in [0.25, 0.3) is 5.56 Å². The van der Waals surface area contributed by atoms with Crippen molar-refractivity contribution in [2.24, 2.45) is 0 Å². The molecule has 0 bridgehead atoms. The number of thioether (sulfide) groups is 1. The van der Waals surface area contributed by atoms with Crippen LogP contribution < -0.4 is 15.2 Å². The standard InChI is InChI=1S/C25H23N3O3S2/c1-31-19-10-8-17(9-11-19)15-28-24(30)23-20(12-14-32-23)26-25(28)33-16-22(29)27-13-4-6-18-5-2-3-7-21(18)27/h2-3,5,7-12,14H,4,6,13,15-16H2,1H3. The number of thiophene rings is 1. The summed E-state index contributed by atoms with van der Waals surface area (Å²) in [5.41, 5.74) is 3.76. The second kappa shape index (κ2) is 9.41. The minimum absolute atomic E-state index is 0.0304. The van der Waals surface area contributed by atoms with Crippen LogP contribution in [0.5, 0.6) is 5.75 Å². The Bertz CT molecular complexity index is 1360. The highest BCUT2D eigenvalue weighted by Gasteiger charge is 2.23. The highest BCUT2D eigenvalue weighted by Crippen LogP contribution is 2.28. The number of amides is 1. The molecule has 0 unspecified atom stereocenters. The minimum atomic E-state index is -0.0796. The van der Waals surface area contributed by atoms with E-state index >= 15 is 0 Å². The van der Waals surface area contributed by atoms with Crippen LogP contribution in [0.15, 0.2) is 69.9 Å². The van der Waals surface area contributed by atoms with Gasteiger partial charge in [0, 0.05) is 12.2 Å². The molecule has 0 saturated heterocycles. The van der Waals surface area contributed by atoms with Gasteiger partial charge in [0.2, 0.25) is 5.91 Å². The van der Waals surface area contributed by atoms with Crippen molar-refractivity contribution in [1.82, 2.24) is 9.55 Å². The molecule has 5 rings (SSSR count). The average Bonchev–Trinajstić information content (AvgIpc) is 3.33. The van der Waals surface area contributed by atoms with Crippen LogP contribution in [-0.2, 0) is 17.8 Å². The number of nitrogens with zero attached hydrogens (tertiary/aromatic N) is 3. The summed E-state index contributed by atoms with van der Waals surface area (Å²) in [6, 6.07) is 17.6. The quantitative estimate of drug-likeness (QED) is 0.300. The van der Waals surface area contributed by atoms with Gasteiger partial charge < -0.3 is 9.64 Å². The summed E-state index contributed by atoms with van der Waals surface area (Å²) in [5, 5.41) is 2.43. The number of aromatic nitrogens is 2. The van der Waals surface area contributed by atoms with E-state index in [1.807, 2.05) is 58.8 Å². The van der Waals surface area contributed by atoms with Crippen LogP contribution in [0, 0.1) is 0 Å². The number of hydrogen-bond donors (Lipinski definition) is 0. The number of carbonyl (C=O) groups is 1. The van der Waals surface area contributed by atoms with E-state index in [0.29, 0.717) is 28.5 Å². The van der Waals surface area contributed by atoms with Gasteiger partial charge in [-0.05, 0) is 53.6 Å². The number of methoxy groups -OCH3 is 1. The van der Waals surface area contributed by atoms with Crippen LogP contribution in [0.2, 0.25) is 0 Å². The number of para-hydroxylation sites is 1. The minimum Gasteiger partial charge on any atom is -0.497 e. The fraction of sp³-hybridized carbons (Fsp3) is 0.240. The monoisotopic (exact) mass is 477 g/mol. The maximum Gasteiger partial charge on any atom is 0.272 e. The van der Waals surface area contributed by atoms with E-state index in [-0.39, 0.29) is 17.2 Å². The maximum atomic E-state index is 13.2. The van der Waals surface area contributed by atoms with E-state index in [4.69, 9.17) is 9.72 Å². The van der Waals surface area contributed by atoms with Crippen molar-refractivity contribution in [2.45, 2.75) is 24.5 Å². The Morgan fingerprint density at radius 3 is 2.79 bits per heavy atom. The third-order valence-electron chi connectivity index (χ3n) is 5.77. The molecule has 1 amide bonds. The number of aryl methyl sites for hydroxylation is 1. The van der Waals surface area contributed by atoms with E-state index in [1.165, 1.54) is 28.7 Å². The van der Waals surface area contributed by atoms with Crippen molar-refractivity contribution >= 4 is 44.9 Å². The first-order valence-corrected chi connectivity index (χ1v) is 12.6. The smallest absolute Gasteiger partial charge is 0.272 e. The van der Waals surface area contributed by atoms with E-state index in [2.05, 4.69) is 6.07 Å². The molecule has 33 heavy (non-hydrogen) atoms. The second-order valence-electron chi connectivity index (χ2n) is 7.84. The van der Waals surface area contributed by atoms with Crippen molar-refractivity contribution in [3.05, 3.63) is 81.5 Å². The van der Waals surface area contributed by atoms with Crippen molar-refractivity contribution in [1.29, 1.82) is 0 Å². The van der Waals surface area contributed by atoms with Gasteiger partial charge in [0.05, 0.1) is 24.9 Å². The second-order valence-corrected chi connectivity index (χ2v) is 9.69. The Morgan fingerprint density at radius 1 is 1.15 bits per heavy atom. The number of benzene rings is 2. The van der Waals surface area contributed by atoms with Crippen LogP contribution in [0.1, 0.15) is 17.5 Å². The lowest BCUT2D eigenvalue weighted by atomic mass is 10.0. The van der Waals surface area contributed by atoms with E-state index in [1.54, 1.807) is 11.7 Å². The number of fused-ring (bicyclic) bond motifs is 2. The molecule has 2 aromatic heterocycles. The Kier molecular flexibility index (Phi) is 6.20. The molecule has 1 aliphatic rings. The van der Waals surface area contributed by atoms with Gasteiger partial charge in [-0.15, -0.1) is 11.3 Å². The van der Waals surface area contributed by atoms with Gasteiger partial charge in [0.1, 0.15) is 10.4 Å². The Labute approximate surface area is 199 Å². The molecule has 0 N–H and O–H groups in total. The number of hydrogen-bond acceptors (Lipinski definition) is 6. The Hall–Kier alpha value is -3.10. The fourth-order valence-corrected chi connectivity index (χ4v) is 5.74. The summed E-state index contributed by atoms with van der Waals surface area (Å²) in [5.74, 6) is 1.02. The number of ether oxygens (including phenoxy) is 1. The van der Waals surface area contributed by atoms with Gasteiger partial charge in [-0.3, -0.25) is 14.2 Å². The predicted octanol–water partition coefficient (Wildman–Crippen LogP) is 4.59. The Balaban J connectivity index is 1.42. The zero-order valence-corrected chi connectivity index (χ0v) is 19.8. The zero-order valence-electron chi connectivity index (χ0n) is 18.2. The lowest BCUT2D eigenvalue weighted by Crippen LogP contribution is -2.36. The molecule has 4 aromatic rings. The first kappa shape index (κ1) is 21.7. The summed E-state index contributed by atoms with van der Waals surface area (Å²) in [6.07, 6.45) is 1.94. The third-order valence-corrected chi connectivity index (χ3v) is 7.62. The summed E-state index contributed by atoms with van der Waals surface area (Å²) in [4.78, 5) is 33.0. The first-order valence-electron chi connectivity index (χ1n) is 10.8. The summed E-state index contributed by atoms with van der Waals surface area (Å²) in [7, 11) is 1.63. The predicted molar refractivity (Wildman–Crippen MR) is 134 cm³/mol. The summed E-state index contributed by atoms with van der Waals surface area (Å²) < 4.78 is 7.53. The highest BCUT2D eigenvalue weighted by molar-refractivity contribution is 7.99. The van der Waals surface area contributed by atoms with Gasteiger partial charge in [-0.2, -0.15) is 0 Å². The number of carbonyl (C=O) groups excluding carboxylic acids is 1. The molecule has 0 fully saturated rings. The molecular formula is C25H23N3O3S2. The average molecular weight is 478 g/mol. The molecule has 3 heterocycles. The number of rotatable bonds is 6. The van der Waals surface area contributed by atoms with Crippen molar-refractivity contribution in [2.75, 3.05) is 24.3 Å². The van der Waals surface area contributed by atoms with Gasteiger partial charge in [0.15, 0.2) is 5.16 Å². The van der Waals surface area contributed by atoms with Crippen LogP contribution in [0.4, 0.5) is 5.69 Å². The van der Waals surface area contributed by atoms with E-state index < -0.39 is 0 Å². The van der Waals surface area contributed by atoms with Gasteiger partial charge in [-0.25, -0.2) is 4.98 Å². The SMILES string of the molecule is COc1ccc(Cn2c(SCC(=O)N3CCCc4ccccc43)nc3ccsc3c2=O)cc1. The number of anilines is 1. The van der Waals surface area contributed by atoms with Gasteiger partial charge >= 0.3 is 0 Å². The molecule has 0 aliphatic carbocycles. The molecule has 0 saturated carbocycles. The van der Waals surface area contributed by atoms with Crippen LogP contribution in [0.3, 0.4) is 0 Å². The molecule has 0 radical (unpaired) electrons. The van der Waals surface area contributed by atoms with E-state index in [9.17, 15) is 9.59 Å². The molecule has 8 heteroatoms. The van der Waals surface area contributed by atoms with Crippen molar-refractivity contribution < 1.29 is 9.53 Å². The molecular weight excluding hydrogens is 454 g/mol. The zero-order chi connectivity index (χ0) is 22.8.